The van der Waals surface area contributed by atoms with Crippen LogP contribution in [0.3, 0.4) is 0 Å². The molecular formula is C27H21N3O3. The summed E-state index contributed by atoms with van der Waals surface area (Å²) < 4.78 is 0. The predicted molar refractivity (Wildman–Crippen MR) is 122 cm³/mol. The summed E-state index contributed by atoms with van der Waals surface area (Å²) in [6.07, 6.45) is 1.72. The molecule has 3 aliphatic rings. The fourth-order valence-corrected chi connectivity index (χ4v) is 5.43. The van der Waals surface area contributed by atoms with Gasteiger partial charge in [-0.2, -0.15) is 5.10 Å². The maximum atomic E-state index is 13.7. The van der Waals surface area contributed by atoms with Crippen molar-refractivity contribution in [1.29, 1.82) is 0 Å². The van der Waals surface area contributed by atoms with Gasteiger partial charge in [-0.25, -0.2) is 0 Å². The standard InChI is InChI=1S/C27H21N3O3/c31-25(18-11-5-2-6-12-18)24-22-21(23-20-14-8-7-13-19(20)15-28-30(23)24)26(32)29(27(22)33)16-17-9-3-1-4-10-17/h1-15,21-24H,16H2/t21-,22-,23+,24+/m1/s1. The van der Waals surface area contributed by atoms with Gasteiger partial charge in [0.25, 0.3) is 0 Å². The van der Waals surface area contributed by atoms with E-state index in [2.05, 4.69) is 5.10 Å². The van der Waals surface area contributed by atoms with Crippen LogP contribution in [0.4, 0.5) is 0 Å². The van der Waals surface area contributed by atoms with Crippen molar-refractivity contribution < 1.29 is 14.4 Å². The minimum Gasteiger partial charge on any atom is -0.292 e. The number of fused-ring (bicyclic) bond motifs is 5. The second kappa shape index (κ2) is 7.52. The van der Waals surface area contributed by atoms with Crippen LogP contribution in [0.2, 0.25) is 0 Å². The fourth-order valence-electron chi connectivity index (χ4n) is 5.43. The third kappa shape index (κ3) is 2.94. The lowest BCUT2D eigenvalue weighted by atomic mass is 9.83. The van der Waals surface area contributed by atoms with Gasteiger partial charge in [0.1, 0.15) is 6.04 Å². The van der Waals surface area contributed by atoms with E-state index in [-0.39, 0.29) is 24.1 Å². The molecule has 3 aliphatic heterocycles. The zero-order valence-corrected chi connectivity index (χ0v) is 17.7. The highest BCUT2D eigenvalue weighted by Crippen LogP contribution is 2.52. The molecule has 0 radical (unpaired) electrons. The summed E-state index contributed by atoms with van der Waals surface area (Å²) in [6.45, 7) is 0.204. The average molecular weight is 435 g/mol. The minimum atomic E-state index is -0.829. The van der Waals surface area contributed by atoms with Gasteiger partial charge >= 0.3 is 0 Å². The summed E-state index contributed by atoms with van der Waals surface area (Å²) in [5.74, 6) is -2.16. The Kier molecular flexibility index (Phi) is 4.47. The first-order chi connectivity index (χ1) is 16.1. The second-order valence-electron chi connectivity index (χ2n) is 8.67. The first kappa shape index (κ1) is 19.6. The van der Waals surface area contributed by atoms with Crippen LogP contribution in [0.5, 0.6) is 0 Å². The third-order valence-electron chi connectivity index (χ3n) is 6.89. The lowest BCUT2D eigenvalue weighted by Gasteiger charge is -2.33. The molecular weight excluding hydrogens is 414 g/mol. The zero-order chi connectivity index (χ0) is 22.5. The van der Waals surface area contributed by atoms with Crippen LogP contribution in [0.25, 0.3) is 0 Å². The van der Waals surface area contributed by atoms with Crippen LogP contribution in [0.15, 0.2) is 90.0 Å². The highest BCUT2D eigenvalue weighted by molar-refractivity contribution is 6.12. The molecule has 6 nitrogen and oxygen atoms in total. The molecule has 33 heavy (non-hydrogen) atoms. The monoisotopic (exact) mass is 435 g/mol. The number of carbonyl (C=O) groups excluding carboxylic acids is 3. The number of amides is 2. The largest absolute Gasteiger partial charge is 0.292 e. The van der Waals surface area contributed by atoms with Crippen molar-refractivity contribution in [2.45, 2.75) is 18.6 Å². The Labute approximate surface area is 191 Å². The maximum absolute atomic E-state index is 13.7. The van der Waals surface area contributed by atoms with Gasteiger partial charge in [-0.05, 0) is 16.7 Å². The molecule has 3 aromatic rings. The second-order valence-corrected chi connectivity index (χ2v) is 8.67. The molecule has 0 aliphatic carbocycles. The van der Waals surface area contributed by atoms with Crippen molar-refractivity contribution in [2.75, 3.05) is 0 Å². The number of likely N-dealkylation sites (tertiary alicyclic amines) is 1. The number of Topliss-reactive ketones (excluding diaryl/α,β-unsaturated/α-hetero) is 1. The first-order valence-corrected chi connectivity index (χ1v) is 11.0. The highest BCUT2D eigenvalue weighted by Gasteiger charge is 2.65. The Bertz CT molecular complexity index is 1290. The molecule has 162 valence electrons. The Morgan fingerprint density at radius 1 is 0.788 bits per heavy atom. The van der Waals surface area contributed by atoms with Gasteiger partial charge in [0.15, 0.2) is 5.78 Å². The molecule has 0 saturated carbocycles. The number of hydrogen-bond acceptors (Lipinski definition) is 5. The van der Waals surface area contributed by atoms with Gasteiger partial charge in [0.05, 0.1) is 30.6 Å². The number of ketones is 1. The molecule has 2 amide bonds. The molecule has 6 rings (SSSR count). The SMILES string of the molecule is O=C(c1ccccc1)[C@@H]1[C@@H]2C(=O)N(Cc3ccccc3)C(=O)[C@H]2[C@@H]2c3ccccc3C=NN12. The number of nitrogens with zero attached hydrogens (tertiary/aromatic N) is 3. The van der Waals surface area contributed by atoms with E-state index in [0.717, 1.165) is 16.7 Å². The van der Waals surface area contributed by atoms with Crippen LogP contribution in [-0.4, -0.2) is 39.8 Å². The van der Waals surface area contributed by atoms with Crippen molar-refractivity contribution in [1.82, 2.24) is 9.91 Å². The van der Waals surface area contributed by atoms with Crippen LogP contribution in [0, 0.1) is 11.8 Å². The van der Waals surface area contributed by atoms with E-state index in [9.17, 15) is 14.4 Å². The molecule has 0 aromatic heterocycles. The van der Waals surface area contributed by atoms with Crippen LogP contribution >= 0.6 is 0 Å². The van der Waals surface area contributed by atoms with Crippen molar-refractivity contribution in [2.24, 2.45) is 16.9 Å². The summed E-state index contributed by atoms with van der Waals surface area (Å²) >= 11 is 0. The molecule has 2 fully saturated rings. The Morgan fingerprint density at radius 2 is 1.42 bits per heavy atom. The first-order valence-electron chi connectivity index (χ1n) is 11.0. The maximum Gasteiger partial charge on any atom is 0.236 e. The molecule has 0 bridgehead atoms. The van der Waals surface area contributed by atoms with Crippen LogP contribution in [0.1, 0.15) is 33.1 Å². The van der Waals surface area contributed by atoms with Crippen LogP contribution in [-0.2, 0) is 16.1 Å². The number of hydrogen-bond donors (Lipinski definition) is 0. The van der Waals surface area contributed by atoms with Crippen molar-refractivity contribution in [3.63, 3.8) is 0 Å². The summed E-state index contributed by atoms with van der Waals surface area (Å²) in [5, 5.41) is 6.28. The van der Waals surface area contributed by atoms with Gasteiger partial charge in [-0.15, -0.1) is 0 Å². The molecule has 0 unspecified atom stereocenters. The fraction of sp³-hybridized carbons (Fsp3) is 0.185. The van der Waals surface area contributed by atoms with E-state index < -0.39 is 23.9 Å². The van der Waals surface area contributed by atoms with E-state index in [1.54, 1.807) is 35.5 Å². The summed E-state index contributed by atoms with van der Waals surface area (Å²) in [5.41, 5.74) is 3.22. The number of rotatable bonds is 4. The van der Waals surface area contributed by atoms with Crippen molar-refractivity contribution in [3.8, 4) is 0 Å². The molecule has 0 spiro atoms. The van der Waals surface area contributed by atoms with Gasteiger partial charge in [-0.1, -0.05) is 84.9 Å². The summed E-state index contributed by atoms with van der Waals surface area (Å²) in [7, 11) is 0. The Hall–Kier alpha value is -4.06. The van der Waals surface area contributed by atoms with Gasteiger partial charge < -0.3 is 0 Å². The van der Waals surface area contributed by atoms with Crippen molar-refractivity contribution in [3.05, 3.63) is 107 Å². The molecule has 3 aromatic carbocycles. The lowest BCUT2D eigenvalue weighted by molar-refractivity contribution is -0.142. The minimum absolute atomic E-state index is 0.188. The third-order valence-corrected chi connectivity index (χ3v) is 6.89. The average Bonchev–Trinajstić information content (AvgIpc) is 3.33. The van der Waals surface area contributed by atoms with E-state index in [4.69, 9.17) is 0 Å². The predicted octanol–water partition coefficient (Wildman–Crippen LogP) is 3.44. The lowest BCUT2D eigenvalue weighted by Crippen LogP contribution is -2.44. The number of benzene rings is 3. The summed E-state index contributed by atoms with van der Waals surface area (Å²) in [6, 6.07) is 24.9. The van der Waals surface area contributed by atoms with E-state index in [1.165, 1.54) is 4.90 Å². The molecule has 6 heteroatoms. The van der Waals surface area contributed by atoms with Gasteiger partial charge in [0.2, 0.25) is 11.8 Å². The van der Waals surface area contributed by atoms with E-state index >= 15 is 0 Å². The normalized spacial score (nSPS) is 25.1. The van der Waals surface area contributed by atoms with E-state index in [1.807, 2.05) is 60.7 Å². The smallest absolute Gasteiger partial charge is 0.236 e. The number of imide groups is 1. The molecule has 3 heterocycles. The highest BCUT2D eigenvalue weighted by atomic mass is 16.2. The number of hydrazone groups is 1. The number of carbonyl (C=O) groups is 3. The Morgan fingerprint density at radius 3 is 2.18 bits per heavy atom. The van der Waals surface area contributed by atoms with Gasteiger partial charge in [-0.3, -0.25) is 24.3 Å². The topological polar surface area (TPSA) is 70.0 Å². The van der Waals surface area contributed by atoms with Crippen LogP contribution < -0.4 is 0 Å². The molecule has 0 N–H and O–H groups in total. The quantitative estimate of drug-likeness (QED) is 0.465. The van der Waals surface area contributed by atoms with Gasteiger partial charge in [0, 0.05) is 5.56 Å². The molecule has 4 atom stereocenters. The van der Waals surface area contributed by atoms with E-state index in [0.29, 0.717) is 5.56 Å². The summed E-state index contributed by atoms with van der Waals surface area (Å²) in [4.78, 5) is 42.4. The Balaban J connectivity index is 1.45. The zero-order valence-electron chi connectivity index (χ0n) is 17.7. The molecule has 2 saturated heterocycles. The van der Waals surface area contributed by atoms with Crippen molar-refractivity contribution >= 4 is 23.8 Å².